The van der Waals surface area contributed by atoms with Gasteiger partial charge in [-0.2, -0.15) is 5.26 Å². The summed E-state index contributed by atoms with van der Waals surface area (Å²) in [6.07, 6.45) is 1.78. The van der Waals surface area contributed by atoms with E-state index in [0.29, 0.717) is 36.3 Å². The van der Waals surface area contributed by atoms with Crippen LogP contribution in [0.3, 0.4) is 0 Å². The van der Waals surface area contributed by atoms with Crippen LogP contribution in [-0.2, 0) is 16.1 Å². The van der Waals surface area contributed by atoms with Crippen LogP contribution in [0.1, 0.15) is 36.3 Å². The van der Waals surface area contributed by atoms with Crippen LogP contribution >= 0.6 is 0 Å². The summed E-state index contributed by atoms with van der Waals surface area (Å²) in [6.45, 7) is 0.235. The van der Waals surface area contributed by atoms with Crippen molar-refractivity contribution in [1.82, 2.24) is 0 Å². The Hall–Kier alpha value is -3.59. The number of nitrogens with zero attached hydrogens (tertiary/aromatic N) is 1. The van der Waals surface area contributed by atoms with E-state index in [1.165, 1.54) is 12.1 Å². The van der Waals surface area contributed by atoms with Gasteiger partial charge in [0.2, 0.25) is 5.88 Å². The molecular formula is C23H19FN2O3. The maximum absolute atomic E-state index is 13.3. The summed E-state index contributed by atoms with van der Waals surface area (Å²) in [5.41, 5.74) is 8.22. The monoisotopic (exact) mass is 390 g/mol. The van der Waals surface area contributed by atoms with E-state index in [-0.39, 0.29) is 29.7 Å². The van der Waals surface area contributed by atoms with Crippen LogP contribution in [0.25, 0.3) is 0 Å². The van der Waals surface area contributed by atoms with E-state index < -0.39 is 5.92 Å². The van der Waals surface area contributed by atoms with Gasteiger partial charge in [-0.25, -0.2) is 4.39 Å². The third-order valence-corrected chi connectivity index (χ3v) is 5.11. The number of hydrogen-bond acceptors (Lipinski definition) is 5. The number of ether oxygens (including phenoxy) is 2. The van der Waals surface area contributed by atoms with Crippen molar-refractivity contribution in [2.45, 2.75) is 31.8 Å². The Labute approximate surface area is 167 Å². The Morgan fingerprint density at radius 1 is 1.21 bits per heavy atom. The van der Waals surface area contributed by atoms with Gasteiger partial charge in [-0.05, 0) is 41.8 Å². The highest BCUT2D eigenvalue weighted by Gasteiger charge is 2.37. The molecule has 2 N–H and O–H groups in total. The minimum atomic E-state index is -0.534. The summed E-state index contributed by atoms with van der Waals surface area (Å²) in [4.78, 5) is 12.6. The Balaban J connectivity index is 1.59. The molecule has 29 heavy (non-hydrogen) atoms. The molecule has 0 aromatic heterocycles. The quantitative estimate of drug-likeness (QED) is 0.845. The zero-order valence-corrected chi connectivity index (χ0v) is 15.7. The van der Waals surface area contributed by atoms with E-state index in [0.717, 1.165) is 11.1 Å². The van der Waals surface area contributed by atoms with E-state index in [2.05, 4.69) is 6.07 Å². The molecule has 0 unspecified atom stereocenters. The highest BCUT2D eigenvalue weighted by atomic mass is 19.1. The Morgan fingerprint density at radius 3 is 2.72 bits per heavy atom. The van der Waals surface area contributed by atoms with Crippen molar-refractivity contribution in [3.05, 3.63) is 88.3 Å². The summed E-state index contributed by atoms with van der Waals surface area (Å²) in [6, 6.07) is 15.5. The fraction of sp³-hybridized carbons (Fsp3) is 0.217. The first-order valence-corrected chi connectivity index (χ1v) is 9.38. The van der Waals surface area contributed by atoms with Crippen molar-refractivity contribution >= 4 is 5.78 Å². The lowest BCUT2D eigenvalue weighted by Gasteiger charge is -2.31. The standard InChI is InChI=1S/C23H19FN2O3/c24-16-4-1-3-14(11-16)13-28-17-9-7-15(8-10-17)21-18(12-25)23(26)29-20-6-2-5-19(27)22(20)21/h1,3-4,7-11,21H,2,5-6,13,26H2/t21-/m0/s1. The molecule has 0 amide bonds. The molecule has 4 rings (SSSR count). The van der Waals surface area contributed by atoms with Crippen molar-refractivity contribution in [3.8, 4) is 11.8 Å². The Morgan fingerprint density at radius 2 is 2.00 bits per heavy atom. The van der Waals surface area contributed by atoms with Crippen molar-refractivity contribution < 1.29 is 18.7 Å². The topological polar surface area (TPSA) is 85.3 Å². The van der Waals surface area contributed by atoms with E-state index >= 15 is 0 Å². The Kier molecular flexibility index (Phi) is 5.05. The number of Topliss-reactive ketones (excluding diaryl/α,β-unsaturated/α-hetero) is 1. The number of rotatable bonds is 4. The molecule has 1 aliphatic carbocycles. The second-order valence-corrected chi connectivity index (χ2v) is 7.03. The van der Waals surface area contributed by atoms with Gasteiger partial charge < -0.3 is 15.2 Å². The first-order chi connectivity index (χ1) is 14.1. The molecule has 146 valence electrons. The van der Waals surface area contributed by atoms with Gasteiger partial charge in [0.15, 0.2) is 5.78 Å². The largest absolute Gasteiger partial charge is 0.489 e. The number of halogens is 1. The molecule has 0 fully saturated rings. The number of ketones is 1. The van der Waals surface area contributed by atoms with E-state index in [1.54, 1.807) is 24.3 Å². The first-order valence-electron chi connectivity index (χ1n) is 9.38. The molecule has 2 aromatic carbocycles. The molecule has 0 radical (unpaired) electrons. The molecule has 1 atom stereocenters. The van der Waals surface area contributed by atoms with Crippen LogP contribution in [-0.4, -0.2) is 5.78 Å². The summed E-state index contributed by atoms with van der Waals surface area (Å²) in [5.74, 6) is 0.364. The van der Waals surface area contributed by atoms with Crippen molar-refractivity contribution in [1.29, 1.82) is 5.26 Å². The number of benzene rings is 2. The van der Waals surface area contributed by atoms with Gasteiger partial charge in [0.1, 0.15) is 35.6 Å². The van der Waals surface area contributed by atoms with Crippen LogP contribution in [0.5, 0.6) is 5.75 Å². The number of carbonyl (C=O) groups is 1. The Bertz CT molecular complexity index is 1060. The molecule has 2 aliphatic rings. The van der Waals surface area contributed by atoms with Gasteiger partial charge in [0.25, 0.3) is 0 Å². The van der Waals surface area contributed by atoms with E-state index in [9.17, 15) is 14.4 Å². The van der Waals surface area contributed by atoms with Crippen LogP contribution < -0.4 is 10.5 Å². The number of nitrogens with two attached hydrogens (primary N) is 1. The molecule has 0 bridgehead atoms. The molecule has 6 heteroatoms. The van der Waals surface area contributed by atoms with Gasteiger partial charge in [-0.3, -0.25) is 4.79 Å². The molecule has 1 aliphatic heterocycles. The highest BCUT2D eigenvalue weighted by molar-refractivity contribution is 5.99. The predicted octanol–water partition coefficient (Wildman–Crippen LogP) is 4.22. The maximum Gasteiger partial charge on any atom is 0.205 e. The van der Waals surface area contributed by atoms with Gasteiger partial charge in [-0.15, -0.1) is 0 Å². The zero-order valence-electron chi connectivity index (χ0n) is 15.7. The number of hydrogen-bond donors (Lipinski definition) is 1. The van der Waals surface area contributed by atoms with Gasteiger partial charge in [-0.1, -0.05) is 24.3 Å². The van der Waals surface area contributed by atoms with Crippen molar-refractivity contribution in [2.75, 3.05) is 0 Å². The number of nitriles is 1. The van der Waals surface area contributed by atoms with E-state index in [1.807, 2.05) is 12.1 Å². The lowest BCUT2D eigenvalue weighted by Crippen LogP contribution is -2.27. The average Bonchev–Trinajstić information content (AvgIpc) is 2.72. The second kappa shape index (κ2) is 7.80. The van der Waals surface area contributed by atoms with Crippen LogP contribution in [0.2, 0.25) is 0 Å². The smallest absolute Gasteiger partial charge is 0.205 e. The van der Waals surface area contributed by atoms with Crippen LogP contribution in [0.4, 0.5) is 4.39 Å². The SMILES string of the molecule is N#CC1=C(N)OC2=C(C(=O)CCC2)[C@H]1c1ccc(OCc2cccc(F)c2)cc1. The third kappa shape index (κ3) is 3.72. The van der Waals surface area contributed by atoms with Crippen molar-refractivity contribution in [3.63, 3.8) is 0 Å². The van der Waals surface area contributed by atoms with Crippen molar-refractivity contribution in [2.24, 2.45) is 5.73 Å². The molecule has 2 aromatic rings. The van der Waals surface area contributed by atoms with Crippen LogP contribution in [0, 0.1) is 17.1 Å². The summed E-state index contributed by atoms with van der Waals surface area (Å²) < 4.78 is 24.6. The lowest BCUT2D eigenvalue weighted by molar-refractivity contribution is -0.116. The molecule has 0 spiro atoms. The lowest BCUT2D eigenvalue weighted by atomic mass is 9.77. The predicted molar refractivity (Wildman–Crippen MR) is 104 cm³/mol. The number of allylic oxidation sites excluding steroid dienone is 3. The van der Waals surface area contributed by atoms with Gasteiger partial charge in [0.05, 0.1) is 5.92 Å². The maximum atomic E-state index is 13.3. The number of carbonyl (C=O) groups excluding carboxylic acids is 1. The highest BCUT2D eigenvalue weighted by Crippen LogP contribution is 2.43. The fourth-order valence-electron chi connectivity index (χ4n) is 3.74. The summed E-state index contributed by atoms with van der Waals surface area (Å²) in [5, 5.41) is 9.60. The molecular weight excluding hydrogens is 371 g/mol. The van der Waals surface area contributed by atoms with Gasteiger partial charge >= 0.3 is 0 Å². The second-order valence-electron chi connectivity index (χ2n) is 7.03. The average molecular weight is 390 g/mol. The molecule has 0 saturated carbocycles. The normalized spacial score (nSPS) is 18.8. The zero-order chi connectivity index (χ0) is 20.4. The molecule has 1 heterocycles. The summed E-state index contributed by atoms with van der Waals surface area (Å²) >= 11 is 0. The molecule has 5 nitrogen and oxygen atoms in total. The minimum Gasteiger partial charge on any atom is -0.489 e. The summed E-state index contributed by atoms with van der Waals surface area (Å²) in [7, 11) is 0. The first kappa shape index (κ1) is 18.8. The molecule has 0 saturated heterocycles. The van der Waals surface area contributed by atoms with Crippen LogP contribution in [0.15, 0.2) is 71.3 Å². The van der Waals surface area contributed by atoms with E-state index in [4.69, 9.17) is 15.2 Å². The third-order valence-electron chi connectivity index (χ3n) is 5.11. The minimum absolute atomic E-state index is 0.0112. The van der Waals surface area contributed by atoms with Gasteiger partial charge in [0, 0.05) is 18.4 Å². The fourth-order valence-corrected chi connectivity index (χ4v) is 3.74.